The monoisotopic (exact) mass is 536 g/mol. The topological polar surface area (TPSA) is 93.7 Å². The van der Waals surface area contributed by atoms with Gasteiger partial charge in [-0.05, 0) is 17.5 Å². The number of ether oxygens (including phenoxy) is 2. The lowest BCUT2D eigenvalue weighted by Gasteiger charge is -2.21. The van der Waals surface area contributed by atoms with Crippen LogP contribution in [0.5, 0.6) is 0 Å². The maximum Gasteiger partial charge on any atom is 0.410 e. The first-order valence-corrected chi connectivity index (χ1v) is 13.6. The Morgan fingerprint density at radius 1 is 0.892 bits per heavy atom. The van der Waals surface area contributed by atoms with Crippen molar-refractivity contribution in [2.75, 3.05) is 13.2 Å². The molecular weight excluding hydrogens is 508 g/mol. The lowest BCUT2D eigenvalue weighted by atomic mass is 10.1. The molecule has 37 heavy (non-hydrogen) atoms. The van der Waals surface area contributed by atoms with E-state index in [1.807, 2.05) is 60.7 Å². The third kappa shape index (κ3) is 8.69. The number of thiazole rings is 2. The molecular formula is C27H28N4O4S2. The molecule has 1 atom stereocenters. The van der Waals surface area contributed by atoms with Crippen molar-refractivity contribution in [3.63, 3.8) is 0 Å². The molecule has 8 nitrogen and oxygen atoms in total. The highest BCUT2D eigenvalue weighted by molar-refractivity contribution is 7.09. The van der Waals surface area contributed by atoms with Gasteiger partial charge in [0, 0.05) is 36.8 Å². The van der Waals surface area contributed by atoms with E-state index in [1.54, 1.807) is 28.3 Å². The maximum atomic E-state index is 12.8. The lowest BCUT2D eigenvalue weighted by Crippen LogP contribution is -2.32. The summed E-state index contributed by atoms with van der Waals surface area (Å²) in [4.78, 5) is 37.0. The van der Waals surface area contributed by atoms with Crippen LogP contribution < -0.4 is 5.32 Å². The Bertz CT molecular complexity index is 1210. The smallest absolute Gasteiger partial charge is 0.410 e. The number of hydrogen-bond acceptors (Lipinski definition) is 8. The van der Waals surface area contributed by atoms with Crippen molar-refractivity contribution in [3.05, 3.63) is 105 Å². The van der Waals surface area contributed by atoms with Gasteiger partial charge in [-0.25, -0.2) is 9.59 Å². The molecule has 0 aliphatic carbocycles. The van der Waals surface area contributed by atoms with E-state index >= 15 is 0 Å². The van der Waals surface area contributed by atoms with Crippen molar-refractivity contribution in [1.82, 2.24) is 20.2 Å². The standard InChI is InChI=1S/C27H28N4O4S2/c32-26(35-24(25-16-29-20-37-25)14-21-8-3-1-4-9-21)30-12-7-13-34-27(33)31(18-23-15-28-19-36-23)17-22-10-5-2-6-11-22/h1-6,8-11,15-16,19-20,24H,7,12-14,17-18H2,(H,30,32). The van der Waals surface area contributed by atoms with Crippen LogP contribution in [0.15, 0.2) is 84.1 Å². The first-order chi connectivity index (χ1) is 18.2. The number of aromatic nitrogens is 2. The van der Waals surface area contributed by atoms with Crippen LogP contribution in [0.3, 0.4) is 0 Å². The summed E-state index contributed by atoms with van der Waals surface area (Å²) in [7, 11) is 0. The fourth-order valence-electron chi connectivity index (χ4n) is 3.59. The molecule has 0 bridgehead atoms. The third-order valence-electron chi connectivity index (χ3n) is 5.40. The molecule has 10 heteroatoms. The summed E-state index contributed by atoms with van der Waals surface area (Å²) in [6, 6.07) is 19.6. The van der Waals surface area contributed by atoms with Crippen molar-refractivity contribution >= 4 is 34.9 Å². The van der Waals surface area contributed by atoms with Crippen molar-refractivity contribution < 1.29 is 19.1 Å². The van der Waals surface area contributed by atoms with Crippen LogP contribution in [0, 0.1) is 0 Å². The molecule has 0 aliphatic heterocycles. The molecule has 0 radical (unpaired) electrons. The normalized spacial score (nSPS) is 11.5. The number of alkyl carbamates (subject to hydrolysis) is 1. The molecule has 1 N–H and O–H groups in total. The second-order valence-corrected chi connectivity index (χ2v) is 10.1. The van der Waals surface area contributed by atoms with Crippen LogP contribution in [0.2, 0.25) is 0 Å². The zero-order valence-electron chi connectivity index (χ0n) is 20.2. The summed E-state index contributed by atoms with van der Waals surface area (Å²) >= 11 is 2.94. The van der Waals surface area contributed by atoms with E-state index in [2.05, 4.69) is 15.3 Å². The minimum absolute atomic E-state index is 0.176. The summed E-state index contributed by atoms with van der Waals surface area (Å²) < 4.78 is 11.2. The van der Waals surface area contributed by atoms with Crippen LogP contribution in [0.1, 0.15) is 33.4 Å². The molecule has 0 spiro atoms. The zero-order chi connectivity index (χ0) is 25.7. The van der Waals surface area contributed by atoms with Crippen LogP contribution in [0.25, 0.3) is 0 Å². The van der Waals surface area contributed by atoms with Gasteiger partial charge in [-0.3, -0.25) is 14.9 Å². The Morgan fingerprint density at radius 2 is 1.59 bits per heavy atom. The number of hydrogen-bond donors (Lipinski definition) is 1. The van der Waals surface area contributed by atoms with Crippen molar-refractivity contribution in [2.24, 2.45) is 0 Å². The van der Waals surface area contributed by atoms with E-state index in [-0.39, 0.29) is 6.61 Å². The van der Waals surface area contributed by atoms with Gasteiger partial charge in [-0.15, -0.1) is 22.7 Å². The van der Waals surface area contributed by atoms with Gasteiger partial charge in [0.25, 0.3) is 0 Å². The summed E-state index contributed by atoms with van der Waals surface area (Å²) in [6.45, 7) is 1.35. The van der Waals surface area contributed by atoms with E-state index < -0.39 is 18.3 Å². The average Bonchev–Trinajstić information content (AvgIpc) is 3.64. The first-order valence-electron chi connectivity index (χ1n) is 11.9. The quantitative estimate of drug-likeness (QED) is 0.229. The van der Waals surface area contributed by atoms with Crippen LogP contribution in [-0.2, 0) is 29.0 Å². The molecule has 0 saturated heterocycles. The number of benzene rings is 2. The highest BCUT2D eigenvalue weighted by Gasteiger charge is 2.20. The number of nitrogens with one attached hydrogen (secondary N) is 1. The third-order valence-corrected chi connectivity index (χ3v) is 7.03. The fourth-order valence-corrected chi connectivity index (χ4v) is 4.85. The van der Waals surface area contributed by atoms with Gasteiger partial charge in [0.15, 0.2) is 0 Å². The molecule has 4 aromatic rings. The number of carbonyl (C=O) groups is 2. The van der Waals surface area contributed by atoms with Gasteiger partial charge in [0.05, 0.1) is 29.0 Å². The molecule has 2 amide bonds. The second-order valence-electron chi connectivity index (χ2n) is 8.19. The van der Waals surface area contributed by atoms with Crippen molar-refractivity contribution in [1.29, 1.82) is 0 Å². The molecule has 2 aromatic carbocycles. The van der Waals surface area contributed by atoms with Gasteiger partial charge in [0.2, 0.25) is 0 Å². The van der Waals surface area contributed by atoms with Crippen LogP contribution in [0.4, 0.5) is 9.59 Å². The van der Waals surface area contributed by atoms with E-state index in [0.29, 0.717) is 32.5 Å². The number of nitrogens with zero attached hydrogens (tertiary/aromatic N) is 3. The molecule has 0 fully saturated rings. The van der Waals surface area contributed by atoms with Crippen LogP contribution in [-0.4, -0.2) is 40.2 Å². The number of carbonyl (C=O) groups excluding carboxylic acids is 2. The van der Waals surface area contributed by atoms with Gasteiger partial charge in [-0.1, -0.05) is 60.7 Å². The predicted molar refractivity (Wildman–Crippen MR) is 143 cm³/mol. The summed E-state index contributed by atoms with van der Waals surface area (Å²) in [5, 5.41) is 2.75. The molecule has 2 aromatic heterocycles. The average molecular weight is 537 g/mol. The summed E-state index contributed by atoms with van der Waals surface area (Å²) in [5.74, 6) is 0. The van der Waals surface area contributed by atoms with Gasteiger partial charge in [-0.2, -0.15) is 0 Å². The minimum atomic E-state index is -0.517. The molecule has 1 unspecified atom stereocenters. The highest BCUT2D eigenvalue weighted by atomic mass is 32.1. The molecule has 0 saturated carbocycles. The van der Waals surface area contributed by atoms with Crippen molar-refractivity contribution in [3.8, 4) is 0 Å². The predicted octanol–water partition coefficient (Wildman–Crippen LogP) is 5.84. The zero-order valence-corrected chi connectivity index (χ0v) is 21.8. The van der Waals surface area contributed by atoms with Crippen molar-refractivity contribution in [2.45, 2.75) is 32.0 Å². The number of rotatable bonds is 12. The Kier molecular flexibility index (Phi) is 10.0. The van der Waals surface area contributed by atoms with Gasteiger partial charge in [0.1, 0.15) is 6.10 Å². The first kappa shape index (κ1) is 26.3. The Morgan fingerprint density at radius 3 is 2.27 bits per heavy atom. The van der Waals surface area contributed by atoms with Crippen LogP contribution >= 0.6 is 22.7 Å². The van der Waals surface area contributed by atoms with E-state index in [4.69, 9.17) is 9.47 Å². The molecule has 2 heterocycles. The summed E-state index contributed by atoms with van der Waals surface area (Å²) in [5.41, 5.74) is 5.54. The van der Waals surface area contributed by atoms with E-state index in [0.717, 1.165) is 20.9 Å². The minimum Gasteiger partial charge on any atom is -0.449 e. The maximum absolute atomic E-state index is 12.8. The Balaban J connectivity index is 1.22. The molecule has 192 valence electrons. The van der Waals surface area contributed by atoms with Gasteiger partial charge >= 0.3 is 12.2 Å². The summed E-state index contributed by atoms with van der Waals surface area (Å²) in [6.07, 6.45) is 3.15. The number of amides is 2. The lowest BCUT2D eigenvalue weighted by molar-refractivity contribution is 0.0921. The molecule has 0 aliphatic rings. The Hall–Kier alpha value is -3.76. The Labute approximate surface area is 223 Å². The van der Waals surface area contributed by atoms with Gasteiger partial charge < -0.3 is 14.8 Å². The SMILES string of the molecule is O=C(NCCCOC(=O)N(Cc1ccccc1)Cc1cncs1)OC(Cc1ccccc1)c1cncs1. The largest absolute Gasteiger partial charge is 0.449 e. The van der Waals surface area contributed by atoms with E-state index in [9.17, 15) is 9.59 Å². The highest BCUT2D eigenvalue weighted by Crippen LogP contribution is 2.25. The molecule has 4 rings (SSSR count). The fraction of sp³-hybridized carbons (Fsp3) is 0.259. The van der Waals surface area contributed by atoms with E-state index in [1.165, 1.54) is 22.7 Å². The second kappa shape index (κ2) is 14.1.